The van der Waals surface area contributed by atoms with Gasteiger partial charge < -0.3 is 15.4 Å². The van der Waals surface area contributed by atoms with Gasteiger partial charge in [0.25, 0.3) is 0 Å². The Kier molecular flexibility index (Phi) is 5.66. The van der Waals surface area contributed by atoms with Gasteiger partial charge in [0.2, 0.25) is 0 Å². The van der Waals surface area contributed by atoms with Gasteiger partial charge >= 0.3 is 12.3 Å². The molecule has 0 unspecified atom stereocenters. The smallest absolute Gasteiger partial charge is 0.416 e. The highest BCUT2D eigenvalue weighted by atomic mass is 19.4. The molecule has 4 nitrogen and oxygen atoms in total. The molecule has 0 atom stereocenters. The fraction of sp³-hybridized carbons (Fsp3) is 0.611. The van der Waals surface area contributed by atoms with E-state index in [-0.39, 0.29) is 6.54 Å². The maximum atomic E-state index is 13.1. The summed E-state index contributed by atoms with van der Waals surface area (Å²) in [6.07, 6.45) is -3.66. The number of amides is 1. The summed E-state index contributed by atoms with van der Waals surface area (Å²) in [5, 5.41) is 5.95. The molecule has 1 amide bonds. The number of rotatable bonds is 3. The molecular formula is C18H25F3N2O2. The predicted molar refractivity (Wildman–Crippen MR) is 89.5 cm³/mol. The van der Waals surface area contributed by atoms with Crippen LogP contribution >= 0.6 is 0 Å². The van der Waals surface area contributed by atoms with Crippen LogP contribution < -0.4 is 10.6 Å². The lowest BCUT2D eigenvalue weighted by Gasteiger charge is -2.38. The van der Waals surface area contributed by atoms with E-state index >= 15 is 0 Å². The van der Waals surface area contributed by atoms with Crippen LogP contribution in [0.1, 0.15) is 44.7 Å². The van der Waals surface area contributed by atoms with Gasteiger partial charge in [0.05, 0.1) is 5.56 Å². The SMILES string of the molecule is CC(C)(C)OC(=O)NCC1(c2cccc(C(F)(F)F)c2)CCNCC1. The Morgan fingerprint density at radius 1 is 1.24 bits per heavy atom. The molecule has 0 aromatic heterocycles. The van der Waals surface area contributed by atoms with Crippen LogP contribution in [0.4, 0.5) is 18.0 Å². The first-order chi connectivity index (χ1) is 11.5. The monoisotopic (exact) mass is 358 g/mol. The molecule has 2 rings (SSSR count). The summed E-state index contributed by atoms with van der Waals surface area (Å²) in [5.41, 5.74) is -1.23. The van der Waals surface area contributed by atoms with Crippen molar-refractivity contribution in [3.05, 3.63) is 35.4 Å². The Morgan fingerprint density at radius 3 is 2.44 bits per heavy atom. The van der Waals surface area contributed by atoms with E-state index in [1.54, 1.807) is 26.8 Å². The van der Waals surface area contributed by atoms with E-state index in [4.69, 9.17) is 4.74 Å². The molecule has 0 aliphatic carbocycles. The second-order valence-electron chi connectivity index (χ2n) is 7.46. The number of ether oxygens (including phenoxy) is 1. The van der Waals surface area contributed by atoms with Crippen molar-refractivity contribution in [2.45, 2.75) is 50.8 Å². The van der Waals surface area contributed by atoms with E-state index in [2.05, 4.69) is 10.6 Å². The lowest BCUT2D eigenvalue weighted by Crippen LogP contribution is -2.48. The highest BCUT2D eigenvalue weighted by molar-refractivity contribution is 5.67. The number of hydrogen-bond acceptors (Lipinski definition) is 3. The van der Waals surface area contributed by atoms with E-state index in [1.807, 2.05) is 0 Å². The molecule has 0 spiro atoms. The second kappa shape index (κ2) is 7.23. The average molecular weight is 358 g/mol. The van der Waals surface area contributed by atoms with Gasteiger partial charge in [0.15, 0.2) is 0 Å². The average Bonchev–Trinajstić information content (AvgIpc) is 2.52. The number of nitrogens with one attached hydrogen (secondary N) is 2. The van der Waals surface area contributed by atoms with Crippen LogP contribution in [0.15, 0.2) is 24.3 Å². The number of alkyl carbamates (subject to hydrolysis) is 1. The third kappa shape index (κ3) is 5.36. The standard InChI is InChI=1S/C18H25F3N2O2/c1-16(2,3)25-15(24)23-12-17(7-9-22-10-8-17)13-5-4-6-14(11-13)18(19,20)21/h4-6,11,22H,7-10,12H2,1-3H3,(H,23,24). The molecule has 0 saturated carbocycles. The minimum atomic E-state index is -4.39. The summed E-state index contributed by atoms with van der Waals surface area (Å²) in [5.74, 6) is 0. The summed E-state index contributed by atoms with van der Waals surface area (Å²) in [6, 6.07) is 5.40. The summed E-state index contributed by atoms with van der Waals surface area (Å²) >= 11 is 0. The number of hydrogen-bond donors (Lipinski definition) is 2. The van der Waals surface area contributed by atoms with Crippen LogP contribution in [-0.4, -0.2) is 31.3 Å². The first kappa shape index (κ1) is 19.6. The normalized spacial score (nSPS) is 17.8. The summed E-state index contributed by atoms with van der Waals surface area (Å²) in [7, 11) is 0. The van der Waals surface area contributed by atoms with E-state index in [0.717, 1.165) is 6.07 Å². The number of benzene rings is 1. The largest absolute Gasteiger partial charge is 0.444 e. The van der Waals surface area contributed by atoms with Crippen molar-refractivity contribution >= 4 is 6.09 Å². The molecule has 0 radical (unpaired) electrons. The van der Waals surface area contributed by atoms with Gasteiger partial charge in [-0.1, -0.05) is 18.2 Å². The highest BCUT2D eigenvalue weighted by Gasteiger charge is 2.37. The van der Waals surface area contributed by atoms with Crippen molar-refractivity contribution in [3.8, 4) is 0 Å². The summed E-state index contributed by atoms with van der Waals surface area (Å²) < 4.78 is 44.4. The van der Waals surface area contributed by atoms with Crippen molar-refractivity contribution in [2.24, 2.45) is 0 Å². The molecule has 1 aromatic carbocycles. The van der Waals surface area contributed by atoms with Gasteiger partial charge in [-0.25, -0.2) is 4.79 Å². The fourth-order valence-corrected chi connectivity index (χ4v) is 3.05. The van der Waals surface area contributed by atoms with Crippen molar-refractivity contribution in [1.82, 2.24) is 10.6 Å². The lowest BCUT2D eigenvalue weighted by molar-refractivity contribution is -0.137. The molecule has 7 heteroatoms. The molecule has 1 fully saturated rings. The zero-order chi connectivity index (χ0) is 18.7. The van der Waals surface area contributed by atoms with Crippen molar-refractivity contribution in [1.29, 1.82) is 0 Å². The topological polar surface area (TPSA) is 50.4 Å². The third-order valence-electron chi connectivity index (χ3n) is 4.33. The zero-order valence-corrected chi connectivity index (χ0v) is 14.8. The van der Waals surface area contributed by atoms with Crippen LogP contribution in [0.2, 0.25) is 0 Å². The molecule has 0 bridgehead atoms. The summed E-state index contributed by atoms with van der Waals surface area (Å²) in [6.45, 7) is 6.91. The van der Waals surface area contributed by atoms with Gasteiger partial charge in [-0.05, 0) is 58.3 Å². The fourth-order valence-electron chi connectivity index (χ4n) is 3.05. The highest BCUT2D eigenvalue weighted by Crippen LogP contribution is 2.37. The molecule has 2 N–H and O–H groups in total. The Morgan fingerprint density at radius 2 is 1.88 bits per heavy atom. The van der Waals surface area contributed by atoms with Gasteiger partial charge in [0, 0.05) is 12.0 Å². The van der Waals surface area contributed by atoms with Crippen molar-refractivity contribution < 1.29 is 22.7 Å². The van der Waals surface area contributed by atoms with Crippen LogP contribution in [0.25, 0.3) is 0 Å². The number of alkyl halides is 3. The number of piperidine rings is 1. The van der Waals surface area contributed by atoms with Crippen molar-refractivity contribution in [2.75, 3.05) is 19.6 Å². The van der Waals surface area contributed by atoms with Crippen LogP contribution in [0.3, 0.4) is 0 Å². The van der Waals surface area contributed by atoms with Gasteiger partial charge in [-0.2, -0.15) is 13.2 Å². The Balaban J connectivity index is 2.22. The molecule has 1 aliphatic rings. The quantitative estimate of drug-likeness (QED) is 0.863. The molecule has 140 valence electrons. The van der Waals surface area contributed by atoms with Crippen LogP contribution in [-0.2, 0) is 16.3 Å². The first-order valence-corrected chi connectivity index (χ1v) is 8.37. The Labute approximate surface area is 146 Å². The zero-order valence-electron chi connectivity index (χ0n) is 14.8. The maximum absolute atomic E-state index is 13.1. The molecule has 1 heterocycles. The van der Waals surface area contributed by atoms with Gasteiger partial charge in [-0.3, -0.25) is 0 Å². The van der Waals surface area contributed by atoms with Crippen LogP contribution in [0, 0.1) is 0 Å². The number of halogens is 3. The molecule has 1 aromatic rings. The van der Waals surface area contributed by atoms with Crippen molar-refractivity contribution in [3.63, 3.8) is 0 Å². The lowest BCUT2D eigenvalue weighted by atomic mass is 9.72. The molecule has 25 heavy (non-hydrogen) atoms. The maximum Gasteiger partial charge on any atom is 0.416 e. The van der Waals surface area contributed by atoms with Gasteiger partial charge in [-0.15, -0.1) is 0 Å². The third-order valence-corrected chi connectivity index (χ3v) is 4.33. The number of carbonyl (C=O) groups excluding carboxylic acids is 1. The second-order valence-corrected chi connectivity index (χ2v) is 7.46. The summed E-state index contributed by atoms with van der Waals surface area (Å²) in [4.78, 5) is 12.0. The molecular weight excluding hydrogens is 333 g/mol. The number of carbonyl (C=O) groups is 1. The van der Waals surface area contributed by atoms with E-state index < -0.39 is 28.8 Å². The van der Waals surface area contributed by atoms with E-state index in [0.29, 0.717) is 31.5 Å². The first-order valence-electron chi connectivity index (χ1n) is 8.37. The van der Waals surface area contributed by atoms with E-state index in [1.165, 1.54) is 12.1 Å². The minimum absolute atomic E-state index is 0.241. The minimum Gasteiger partial charge on any atom is -0.444 e. The van der Waals surface area contributed by atoms with Crippen LogP contribution in [0.5, 0.6) is 0 Å². The predicted octanol–water partition coefficient (Wildman–Crippen LogP) is 3.85. The Bertz CT molecular complexity index is 603. The van der Waals surface area contributed by atoms with Gasteiger partial charge in [0.1, 0.15) is 5.60 Å². The van der Waals surface area contributed by atoms with E-state index in [9.17, 15) is 18.0 Å². The Hall–Kier alpha value is -1.76. The molecule has 1 saturated heterocycles. The molecule has 1 aliphatic heterocycles.